The second kappa shape index (κ2) is 6.17. The molecule has 0 aliphatic rings. The number of carboxylic acids is 1. The number of carboxylic acid groups (broad SMARTS) is 1. The van der Waals surface area contributed by atoms with E-state index in [1.807, 2.05) is 6.92 Å². The molecule has 1 N–H and O–H groups in total. The Hall–Kier alpha value is -1.38. The van der Waals surface area contributed by atoms with Gasteiger partial charge >= 0.3 is 5.97 Å². The van der Waals surface area contributed by atoms with Crippen LogP contribution < -0.4 is 0 Å². The molecule has 3 nitrogen and oxygen atoms in total. The highest BCUT2D eigenvalue weighted by Crippen LogP contribution is 1.95. The molecule has 0 aromatic carbocycles. The zero-order valence-corrected chi connectivity index (χ0v) is 8.08. The van der Waals surface area contributed by atoms with E-state index in [1.54, 1.807) is 0 Å². The van der Waals surface area contributed by atoms with E-state index < -0.39 is 5.97 Å². The topological polar surface area (TPSA) is 49.7 Å². The summed E-state index contributed by atoms with van der Waals surface area (Å²) in [7, 11) is 0. The number of rotatable bonds is 5. The summed E-state index contributed by atoms with van der Waals surface area (Å²) in [5.74, 6) is -1.01. The van der Waals surface area contributed by atoms with Crippen LogP contribution in [0.25, 0.3) is 0 Å². The molecule has 0 aliphatic heterocycles. The van der Waals surface area contributed by atoms with Crippen LogP contribution in [0.5, 0.6) is 0 Å². The molecule has 0 heterocycles. The molecule has 0 bridgehead atoms. The summed E-state index contributed by atoms with van der Waals surface area (Å²) in [6.45, 7) is 7.32. The van der Waals surface area contributed by atoms with Crippen molar-refractivity contribution in [3.05, 3.63) is 24.4 Å². The highest BCUT2D eigenvalue weighted by molar-refractivity contribution is 5.89. The lowest BCUT2D eigenvalue weighted by Gasteiger charge is -1.92. The second-order valence-electron chi connectivity index (χ2n) is 2.76. The third kappa shape index (κ3) is 5.84. The van der Waals surface area contributed by atoms with Gasteiger partial charge in [-0.1, -0.05) is 19.9 Å². The lowest BCUT2D eigenvalue weighted by molar-refractivity contribution is -0.132. The van der Waals surface area contributed by atoms with Gasteiger partial charge in [0.05, 0.1) is 5.57 Å². The van der Waals surface area contributed by atoms with Gasteiger partial charge in [0, 0.05) is 11.9 Å². The quantitative estimate of drug-likeness (QED) is 0.402. The maximum Gasteiger partial charge on any atom is 0.335 e. The van der Waals surface area contributed by atoms with Crippen LogP contribution in [0.1, 0.15) is 26.7 Å². The highest BCUT2D eigenvalue weighted by Gasteiger charge is 1.96. The molecule has 0 atom stereocenters. The zero-order chi connectivity index (χ0) is 10.3. The van der Waals surface area contributed by atoms with Crippen LogP contribution in [0.2, 0.25) is 0 Å². The summed E-state index contributed by atoms with van der Waals surface area (Å²) in [5, 5.41) is 8.45. The molecule has 72 valence electrons. The van der Waals surface area contributed by atoms with Gasteiger partial charge in [-0.25, -0.2) is 4.79 Å². The van der Waals surface area contributed by atoms with Crippen molar-refractivity contribution in [2.45, 2.75) is 26.7 Å². The predicted molar refractivity (Wildman–Crippen MR) is 53.9 cm³/mol. The third-order valence-corrected chi connectivity index (χ3v) is 1.46. The second-order valence-corrected chi connectivity index (χ2v) is 2.76. The molecular formula is C10H15NO2. The van der Waals surface area contributed by atoms with Crippen LogP contribution in [-0.4, -0.2) is 16.8 Å². The monoisotopic (exact) mass is 181 g/mol. The lowest BCUT2D eigenvalue weighted by atomic mass is 10.2. The van der Waals surface area contributed by atoms with Crippen molar-refractivity contribution in [3.63, 3.8) is 0 Å². The molecule has 0 saturated carbocycles. The Labute approximate surface area is 78.5 Å². The average Bonchev–Trinajstić information content (AvgIpc) is 2.04. The Bertz CT molecular complexity index is 252. The molecular weight excluding hydrogens is 166 g/mol. The summed E-state index contributed by atoms with van der Waals surface area (Å²) in [5.41, 5.74) is 1.05. The Morgan fingerprint density at radius 2 is 2.23 bits per heavy atom. The summed E-state index contributed by atoms with van der Waals surface area (Å²) in [4.78, 5) is 14.3. The minimum Gasteiger partial charge on any atom is -0.478 e. The van der Waals surface area contributed by atoms with Crippen molar-refractivity contribution >= 4 is 11.7 Å². The van der Waals surface area contributed by atoms with E-state index in [1.165, 1.54) is 12.3 Å². The minimum absolute atomic E-state index is 0.0491. The molecule has 0 aromatic heterocycles. The van der Waals surface area contributed by atoms with E-state index in [-0.39, 0.29) is 5.57 Å². The summed E-state index contributed by atoms with van der Waals surface area (Å²) >= 11 is 0. The van der Waals surface area contributed by atoms with Crippen molar-refractivity contribution in [3.8, 4) is 0 Å². The van der Waals surface area contributed by atoms with Gasteiger partial charge in [0.15, 0.2) is 0 Å². The lowest BCUT2D eigenvalue weighted by Crippen LogP contribution is -1.95. The molecule has 0 radical (unpaired) electrons. The third-order valence-electron chi connectivity index (χ3n) is 1.46. The van der Waals surface area contributed by atoms with Crippen LogP contribution in [0.4, 0.5) is 0 Å². The fourth-order valence-electron chi connectivity index (χ4n) is 0.752. The maximum absolute atomic E-state index is 10.3. The van der Waals surface area contributed by atoms with Gasteiger partial charge in [-0.15, -0.1) is 0 Å². The van der Waals surface area contributed by atoms with Crippen LogP contribution in [0.15, 0.2) is 29.4 Å². The minimum atomic E-state index is -1.01. The van der Waals surface area contributed by atoms with Gasteiger partial charge in [-0.3, -0.25) is 4.99 Å². The fraction of sp³-hybridized carbons (Fsp3) is 0.400. The molecule has 0 saturated heterocycles. The largest absolute Gasteiger partial charge is 0.478 e. The van der Waals surface area contributed by atoms with Crippen molar-refractivity contribution in [2.24, 2.45) is 4.99 Å². The highest BCUT2D eigenvalue weighted by atomic mass is 16.4. The molecule has 0 spiro atoms. The van der Waals surface area contributed by atoms with E-state index in [0.717, 1.165) is 18.6 Å². The number of aliphatic imine (C=N–C) groups is 1. The Balaban J connectivity index is 4.06. The number of aliphatic carboxylic acids is 1. The standard InChI is InChI=1S/C10H15NO2/c1-4-5-9(3)11-7-6-8(2)10(12)13/h6-7H,2,4-5H2,1,3H3,(H,12,13)/b7-6-,11-9?. The van der Waals surface area contributed by atoms with Crippen LogP contribution >= 0.6 is 0 Å². The van der Waals surface area contributed by atoms with Gasteiger partial charge in [0.2, 0.25) is 0 Å². The number of hydrogen-bond acceptors (Lipinski definition) is 2. The SMILES string of the molecule is C=C(/C=C\N=C(C)CCC)C(=O)O. The number of hydrogen-bond donors (Lipinski definition) is 1. The smallest absolute Gasteiger partial charge is 0.335 e. The van der Waals surface area contributed by atoms with E-state index in [2.05, 4.69) is 18.5 Å². The molecule has 0 unspecified atom stereocenters. The molecule has 0 aromatic rings. The summed E-state index contributed by atoms with van der Waals surface area (Å²) in [6.07, 6.45) is 4.84. The van der Waals surface area contributed by atoms with Crippen LogP contribution in [0.3, 0.4) is 0 Å². The van der Waals surface area contributed by atoms with Crippen LogP contribution in [-0.2, 0) is 4.79 Å². The van der Waals surface area contributed by atoms with E-state index in [9.17, 15) is 4.79 Å². The van der Waals surface area contributed by atoms with Gasteiger partial charge in [-0.2, -0.15) is 0 Å². The molecule has 0 aliphatic carbocycles. The van der Waals surface area contributed by atoms with Gasteiger partial charge in [-0.05, 0) is 19.4 Å². The number of carbonyl (C=O) groups is 1. The Kier molecular flexibility index (Phi) is 5.52. The number of nitrogens with zero attached hydrogens (tertiary/aromatic N) is 1. The van der Waals surface area contributed by atoms with E-state index in [0.29, 0.717) is 0 Å². The van der Waals surface area contributed by atoms with Crippen LogP contribution in [0, 0.1) is 0 Å². The van der Waals surface area contributed by atoms with E-state index in [4.69, 9.17) is 5.11 Å². The summed E-state index contributed by atoms with van der Waals surface area (Å²) in [6, 6.07) is 0. The maximum atomic E-state index is 10.3. The first-order chi connectivity index (χ1) is 6.07. The molecule has 0 fully saturated rings. The Morgan fingerprint density at radius 3 is 2.69 bits per heavy atom. The average molecular weight is 181 g/mol. The normalized spacial score (nSPS) is 12.0. The van der Waals surface area contributed by atoms with Gasteiger partial charge in [0.1, 0.15) is 0 Å². The van der Waals surface area contributed by atoms with Gasteiger partial charge < -0.3 is 5.11 Å². The van der Waals surface area contributed by atoms with Crippen molar-refractivity contribution in [1.82, 2.24) is 0 Å². The zero-order valence-electron chi connectivity index (χ0n) is 8.08. The molecule has 0 amide bonds. The predicted octanol–water partition coefficient (Wildman–Crippen LogP) is 2.40. The Morgan fingerprint density at radius 1 is 1.62 bits per heavy atom. The molecule has 13 heavy (non-hydrogen) atoms. The summed E-state index contributed by atoms with van der Waals surface area (Å²) < 4.78 is 0. The fourth-order valence-corrected chi connectivity index (χ4v) is 0.752. The molecule has 0 rings (SSSR count). The van der Waals surface area contributed by atoms with E-state index >= 15 is 0 Å². The van der Waals surface area contributed by atoms with Crippen molar-refractivity contribution in [1.29, 1.82) is 0 Å². The van der Waals surface area contributed by atoms with Crippen molar-refractivity contribution in [2.75, 3.05) is 0 Å². The molecule has 3 heteroatoms. The first-order valence-electron chi connectivity index (χ1n) is 4.20. The van der Waals surface area contributed by atoms with Crippen molar-refractivity contribution < 1.29 is 9.90 Å². The first kappa shape index (κ1) is 11.6. The van der Waals surface area contributed by atoms with Gasteiger partial charge in [0.25, 0.3) is 0 Å². The first-order valence-corrected chi connectivity index (χ1v) is 4.20.